The molecule has 1 aromatic heterocycles. The van der Waals surface area contributed by atoms with Crippen molar-refractivity contribution in [1.82, 2.24) is 15.3 Å². The number of carbonyl (C=O) groups is 2. The van der Waals surface area contributed by atoms with Gasteiger partial charge in [0.05, 0.1) is 43.7 Å². The van der Waals surface area contributed by atoms with E-state index in [-0.39, 0.29) is 40.3 Å². The average Bonchev–Trinajstić information content (AvgIpc) is 3.47. The number of thioether (sulfide) groups is 1. The van der Waals surface area contributed by atoms with Crippen molar-refractivity contribution < 1.29 is 32.7 Å². The number of likely N-dealkylation sites (tertiary alicyclic amines) is 1. The molecule has 1 amide bonds. The molecule has 254 valence electrons. The van der Waals surface area contributed by atoms with Gasteiger partial charge < -0.3 is 24.6 Å². The summed E-state index contributed by atoms with van der Waals surface area (Å²) in [4.78, 5) is 32.4. The molecule has 8 nitrogen and oxygen atoms in total. The van der Waals surface area contributed by atoms with Crippen molar-refractivity contribution in [2.45, 2.75) is 49.1 Å². The zero-order chi connectivity index (χ0) is 34.8. The van der Waals surface area contributed by atoms with Crippen LogP contribution in [0.3, 0.4) is 0 Å². The molecule has 1 fully saturated rings. The van der Waals surface area contributed by atoms with Gasteiger partial charge in [-0.3, -0.25) is 4.79 Å². The molecule has 3 aromatic carbocycles. The summed E-state index contributed by atoms with van der Waals surface area (Å²) in [6.07, 6.45) is 1.24. The van der Waals surface area contributed by atoms with Gasteiger partial charge in [0.2, 0.25) is 0 Å². The lowest BCUT2D eigenvalue weighted by molar-refractivity contribution is -0.907. The van der Waals surface area contributed by atoms with E-state index in [2.05, 4.69) is 10.3 Å². The number of hydrogen-bond acceptors (Lipinski definition) is 5. The van der Waals surface area contributed by atoms with Crippen molar-refractivity contribution in [2.24, 2.45) is 0 Å². The van der Waals surface area contributed by atoms with Crippen LogP contribution in [-0.2, 0) is 16.0 Å². The second kappa shape index (κ2) is 14.5. The number of H-pyrrole nitrogens is 1. The van der Waals surface area contributed by atoms with Crippen LogP contribution in [0, 0.1) is 11.6 Å². The third-order valence-corrected chi connectivity index (χ3v) is 10.5. The van der Waals surface area contributed by atoms with E-state index in [1.54, 1.807) is 25.3 Å². The molecule has 3 N–H and O–H groups in total. The first kappa shape index (κ1) is 35.7. The number of methoxy groups -OCH3 is 1. The Morgan fingerprint density at radius 3 is 2.40 bits per heavy atom. The second-order valence-corrected chi connectivity index (χ2v) is 14.6. The van der Waals surface area contributed by atoms with Crippen LogP contribution in [0.5, 0.6) is 5.75 Å². The second-order valence-electron chi connectivity index (χ2n) is 12.8. The quantitative estimate of drug-likeness (QED) is 0.109. The van der Waals surface area contributed by atoms with E-state index in [1.807, 2.05) is 33.0 Å². The summed E-state index contributed by atoms with van der Waals surface area (Å²) in [5.41, 5.74) is 2.67. The Labute approximate surface area is 292 Å². The normalized spacial score (nSPS) is 18.0. The summed E-state index contributed by atoms with van der Waals surface area (Å²) in [7, 11) is 3.44. The smallest absolute Gasteiger partial charge is 0.359 e. The summed E-state index contributed by atoms with van der Waals surface area (Å²) in [5, 5.41) is 13.2. The van der Waals surface area contributed by atoms with Crippen LogP contribution in [0.2, 0.25) is 10.0 Å². The van der Waals surface area contributed by atoms with E-state index in [1.165, 1.54) is 36.0 Å². The zero-order valence-electron chi connectivity index (χ0n) is 27.0. The first-order valence-corrected chi connectivity index (χ1v) is 17.1. The fourth-order valence-corrected chi connectivity index (χ4v) is 7.44. The number of piperidine rings is 1. The van der Waals surface area contributed by atoms with Crippen LogP contribution in [-0.4, -0.2) is 71.3 Å². The molecule has 1 saturated heterocycles. The van der Waals surface area contributed by atoms with Crippen LogP contribution in [0.15, 0.2) is 59.8 Å². The lowest BCUT2D eigenvalue weighted by atomic mass is 9.79. The number of ether oxygens (including phenoxy) is 1. The van der Waals surface area contributed by atoms with E-state index < -0.39 is 23.1 Å². The highest BCUT2D eigenvalue weighted by atomic mass is 35.5. The minimum atomic E-state index is -0.855. The third kappa shape index (κ3) is 7.97. The minimum Gasteiger partial charge on any atom is -0.495 e. The molecular formula is C35H37Cl2F2N4O4S+. The van der Waals surface area contributed by atoms with Gasteiger partial charge in [-0.05, 0) is 54.1 Å². The number of nitrogens with one attached hydrogen (secondary N) is 2. The van der Waals surface area contributed by atoms with Gasteiger partial charge in [-0.2, -0.15) is 0 Å². The predicted molar refractivity (Wildman–Crippen MR) is 184 cm³/mol. The van der Waals surface area contributed by atoms with Gasteiger partial charge in [-0.15, -0.1) is 0 Å². The van der Waals surface area contributed by atoms with E-state index in [0.717, 1.165) is 11.3 Å². The maximum absolute atomic E-state index is 15.5. The molecule has 13 heteroatoms. The first-order chi connectivity index (χ1) is 22.7. The fraction of sp³-hybridized carbons (Fsp3) is 0.343. The lowest BCUT2D eigenvalue weighted by Crippen LogP contribution is -2.56. The molecule has 0 aliphatic carbocycles. The van der Waals surface area contributed by atoms with Crippen molar-refractivity contribution in [3.63, 3.8) is 0 Å². The lowest BCUT2D eigenvalue weighted by Gasteiger charge is -2.39. The Balaban J connectivity index is 1.34. The number of quaternary nitrogens is 1. The number of aliphatic carboxylic acids is 1. The Morgan fingerprint density at radius 1 is 1.08 bits per heavy atom. The van der Waals surface area contributed by atoms with Gasteiger partial charge in [0.1, 0.15) is 17.4 Å². The summed E-state index contributed by atoms with van der Waals surface area (Å²) < 4.78 is 35.1. The van der Waals surface area contributed by atoms with Crippen LogP contribution in [0.4, 0.5) is 8.78 Å². The van der Waals surface area contributed by atoms with Crippen LogP contribution in [0.25, 0.3) is 11.3 Å². The number of amides is 1. The van der Waals surface area contributed by atoms with Crippen molar-refractivity contribution in [3.8, 4) is 17.0 Å². The van der Waals surface area contributed by atoms with Crippen molar-refractivity contribution in [2.75, 3.05) is 33.8 Å². The number of carbonyl (C=O) groups excluding carboxylic acids is 1. The highest BCUT2D eigenvalue weighted by Gasteiger charge is 2.33. The predicted octanol–water partition coefficient (Wildman–Crippen LogP) is 7.71. The number of hydrogen-bond donors (Lipinski definition) is 3. The zero-order valence-corrected chi connectivity index (χ0v) is 29.3. The van der Waals surface area contributed by atoms with Gasteiger partial charge in [-0.25, -0.2) is 18.6 Å². The number of benzene rings is 3. The first-order valence-electron chi connectivity index (χ1n) is 15.4. The van der Waals surface area contributed by atoms with Crippen LogP contribution in [0.1, 0.15) is 53.9 Å². The molecule has 0 radical (unpaired) electrons. The molecule has 0 atom stereocenters. The Morgan fingerprint density at radius 2 is 1.77 bits per heavy atom. The monoisotopic (exact) mass is 717 g/mol. The van der Waals surface area contributed by atoms with E-state index in [0.29, 0.717) is 57.6 Å². The van der Waals surface area contributed by atoms with Crippen LogP contribution >= 0.6 is 35.0 Å². The number of aromatic amines is 1. The molecule has 48 heavy (non-hydrogen) atoms. The number of nitrogens with zero attached hydrogens (tertiary/aromatic N) is 2. The highest BCUT2D eigenvalue weighted by Crippen LogP contribution is 2.41. The van der Waals surface area contributed by atoms with Gasteiger partial charge >= 0.3 is 5.97 Å². The highest BCUT2D eigenvalue weighted by molar-refractivity contribution is 7.98. The molecule has 0 unspecified atom stereocenters. The Bertz CT molecular complexity index is 1800. The summed E-state index contributed by atoms with van der Waals surface area (Å²) in [6.45, 7) is 5.30. The number of aromatic nitrogens is 2. The maximum atomic E-state index is 15.5. The van der Waals surface area contributed by atoms with E-state index in [4.69, 9.17) is 32.9 Å². The summed E-state index contributed by atoms with van der Waals surface area (Å²) >= 11 is 14.1. The topological polar surface area (TPSA) is 104 Å². The van der Waals surface area contributed by atoms with Gasteiger partial charge in [0, 0.05) is 51.8 Å². The van der Waals surface area contributed by atoms with Gasteiger partial charge in [0.25, 0.3) is 5.91 Å². The molecular weight excluding hydrogens is 681 g/mol. The molecule has 0 spiro atoms. The average molecular weight is 719 g/mol. The molecule has 0 saturated carbocycles. The summed E-state index contributed by atoms with van der Waals surface area (Å²) in [6, 6.07) is 14.1. The number of imidazole rings is 1. The van der Waals surface area contributed by atoms with Crippen molar-refractivity contribution >= 4 is 46.8 Å². The molecule has 4 aromatic rings. The third-order valence-electron chi connectivity index (χ3n) is 8.94. The molecule has 1 aliphatic rings. The minimum absolute atomic E-state index is 0.0309. The van der Waals surface area contributed by atoms with E-state index in [9.17, 15) is 19.1 Å². The summed E-state index contributed by atoms with van der Waals surface area (Å²) in [5.74, 6) is -1.62. The van der Waals surface area contributed by atoms with Gasteiger partial charge in [0.15, 0.2) is 11.7 Å². The largest absolute Gasteiger partial charge is 0.495 e. The van der Waals surface area contributed by atoms with Crippen LogP contribution < -0.4 is 10.1 Å². The maximum Gasteiger partial charge on any atom is 0.359 e. The Hall–Kier alpha value is -3.64. The molecule has 1 aliphatic heterocycles. The number of halogens is 4. The number of likely N-dealkylation sites (N-methyl/N-ethyl adjacent to an activating group) is 1. The molecule has 2 heterocycles. The Kier molecular flexibility index (Phi) is 10.7. The van der Waals surface area contributed by atoms with Crippen molar-refractivity contribution in [3.05, 3.63) is 98.7 Å². The number of carboxylic acids is 1. The fourth-order valence-electron chi connectivity index (χ4n) is 5.98. The van der Waals surface area contributed by atoms with Crippen molar-refractivity contribution in [1.29, 1.82) is 0 Å². The SMILES string of the molecule is COc1cc(C(C)(C)c2[nH]c(SCc3c(F)cc(C(=O)NC4CC[N+](C)(CC(=O)O)CC4)cc3Cl)nc2-c2ccc(F)cc2)ccc1Cl. The number of carboxylic acid groups (broad SMARTS) is 1. The molecule has 5 rings (SSSR count). The number of rotatable bonds is 11. The molecule has 0 bridgehead atoms. The van der Waals surface area contributed by atoms with E-state index >= 15 is 4.39 Å². The van der Waals surface area contributed by atoms with Gasteiger partial charge in [-0.1, -0.05) is 54.9 Å². The standard InChI is InChI=1S/C35H36Cl2F2N4O4S/c1-35(2,22-7-10-26(36)29(17-22)47-4)32-31(20-5-8-23(38)9-6-20)41-34(42-32)48-19-25-27(37)15-21(16-28(25)39)33(46)40-24-11-13-43(3,14-12-24)18-30(44)45/h5-10,15-17,24H,11-14,18-19H2,1-4H3,(H2-,40,41,42,44,45,46)/p+1.